The summed E-state index contributed by atoms with van der Waals surface area (Å²) in [4.78, 5) is 1.37. The maximum Gasteiger partial charge on any atom is 0.264 e. The van der Waals surface area contributed by atoms with Crippen LogP contribution in [0, 0.1) is 5.82 Å². The van der Waals surface area contributed by atoms with Crippen LogP contribution in [0.15, 0.2) is 23.1 Å². The predicted molar refractivity (Wildman–Crippen MR) is 56.8 cm³/mol. The molecule has 1 aromatic carbocycles. The quantitative estimate of drug-likeness (QED) is 0.769. The number of hydrogen-bond donors (Lipinski definition) is 0. The van der Waals surface area contributed by atoms with Crippen LogP contribution in [-0.4, -0.2) is 27.4 Å². The van der Waals surface area contributed by atoms with E-state index in [1.54, 1.807) is 6.07 Å². The van der Waals surface area contributed by atoms with E-state index in [-0.39, 0.29) is 0 Å². The molecular weight excluding hydrogens is 241 g/mol. The maximum absolute atomic E-state index is 13.3. The van der Waals surface area contributed by atoms with Gasteiger partial charge in [-0.3, -0.25) is 0 Å². The highest BCUT2D eigenvalue weighted by molar-refractivity contribution is 8.13. The lowest BCUT2D eigenvalue weighted by Gasteiger charge is -2.10. The van der Waals surface area contributed by atoms with Gasteiger partial charge in [-0.05, 0) is 31.8 Å². The zero-order valence-corrected chi connectivity index (χ0v) is 9.94. The monoisotopic (exact) mass is 251 g/mol. The van der Waals surface area contributed by atoms with Crippen molar-refractivity contribution in [1.82, 2.24) is 4.90 Å². The number of benzene rings is 1. The number of rotatable bonds is 3. The van der Waals surface area contributed by atoms with Crippen LogP contribution in [0.5, 0.6) is 0 Å². The molecule has 0 atom stereocenters. The van der Waals surface area contributed by atoms with Crippen LogP contribution < -0.4 is 0 Å². The van der Waals surface area contributed by atoms with Gasteiger partial charge in [-0.1, -0.05) is 6.07 Å². The van der Waals surface area contributed by atoms with E-state index >= 15 is 0 Å². The molecule has 0 aliphatic rings. The van der Waals surface area contributed by atoms with Crippen LogP contribution in [-0.2, 0) is 15.6 Å². The van der Waals surface area contributed by atoms with E-state index in [1.807, 2.05) is 19.0 Å². The first-order valence-corrected chi connectivity index (χ1v) is 6.49. The molecule has 15 heavy (non-hydrogen) atoms. The SMILES string of the molecule is CN(C)Cc1ccc(S(=O)(=O)Cl)c(F)c1. The van der Waals surface area contributed by atoms with Crippen molar-refractivity contribution >= 4 is 19.7 Å². The van der Waals surface area contributed by atoms with Crippen LogP contribution in [0.25, 0.3) is 0 Å². The molecule has 0 saturated carbocycles. The Morgan fingerprint density at radius 1 is 1.40 bits per heavy atom. The largest absolute Gasteiger partial charge is 0.305 e. The Hall–Kier alpha value is -0.650. The molecule has 0 heterocycles. The molecule has 6 heteroatoms. The third-order valence-corrected chi connectivity index (χ3v) is 3.11. The van der Waals surface area contributed by atoms with Gasteiger partial charge >= 0.3 is 0 Å². The zero-order chi connectivity index (χ0) is 11.6. The summed E-state index contributed by atoms with van der Waals surface area (Å²) < 4.78 is 35.1. The van der Waals surface area contributed by atoms with Crippen LogP contribution in [0.4, 0.5) is 4.39 Å². The van der Waals surface area contributed by atoms with Crippen molar-refractivity contribution in [3.8, 4) is 0 Å². The van der Waals surface area contributed by atoms with E-state index in [0.717, 1.165) is 0 Å². The third-order valence-electron chi connectivity index (χ3n) is 1.76. The Kier molecular flexibility index (Phi) is 3.70. The molecule has 0 aliphatic carbocycles. The summed E-state index contributed by atoms with van der Waals surface area (Å²) >= 11 is 0. The highest BCUT2D eigenvalue weighted by atomic mass is 35.7. The van der Waals surface area contributed by atoms with E-state index in [2.05, 4.69) is 0 Å². The van der Waals surface area contributed by atoms with Gasteiger partial charge in [-0.15, -0.1) is 0 Å². The average molecular weight is 252 g/mol. The fraction of sp³-hybridized carbons (Fsp3) is 0.333. The van der Waals surface area contributed by atoms with E-state index in [0.29, 0.717) is 12.1 Å². The average Bonchev–Trinajstić information content (AvgIpc) is 1.99. The highest BCUT2D eigenvalue weighted by Gasteiger charge is 2.16. The van der Waals surface area contributed by atoms with Gasteiger partial charge in [0.1, 0.15) is 10.7 Å². The van der Waals surface area contributed by atoms with Gasteiger partial charge in [-0.2, -0.15) is 0 Å². The molecule has 0 amide bonds. The van der Waals surface area contributed by atoms with Gasteiger partial charge in [0.2, 0.25) is 0 Å². The fourth-order valence-corrected chi connectivity index (χ4v) is 2.10. The molecule has 0 spiro atoms. The Morgan fingerprint density at radius 2 is 2.00 bits per heavy atom. The molecule has 0 bridgehead atoms. The van der Waals surface area contributed by atoms with Crippen LogP contribution >= 0.6 is 10.7 Å². The topological polar surface area (TPSA) is 37.4 Å². The van der Waals surface area contributed by atoms with Crippen molar-refractivity contribution in [2.75, 3.05) is 14.1 Å². The summed E-state index contributed by atoms with van der Waals surface area (Å²) in [6, 6.07) is 3.89. The minimum absolute atomic E-state index is 0.480. The molecule has 0 fully saturated rings. The fourth-order valence-electron chi connectivity index (χ4n) is 1.21. The molecule has 1 aromatic rings. The van der Waals surface area contributed by atoms with E-state index < -0.39 is 19.8 Å². The normalized spacial score (nSPS) is 12.1. The third kappa shape index (κ3) is 3.44. The molecule has 0 aliphatic heterocycles. The minimum atomic E-state index is -4.00. The number of hydrogen-bond acceptors (Lipinski definition) is 3. The summed E-state index contributed by atoms with van der Waals surface area (Å²) in [5.41, 5.74) is 0.696. The van der Waals surface area contributed by atoms with Crippen molar-refractivity contribution in [1.29, 1.82) is 0 Å². The zero-order valence-electron chi connectivity index (χ0n) is 8.37. The second-order valence-electron chi connectivity index (χ2n) is 3.44. The van der Waals surface area contributed by atoms with Crippen molar-refractivity contribution in [3.63, 3.8) is 0 Å². The van der Waals surface area contributed by atoms with E-state index in [9.17, 15) is 12.8 Å². The first-order valence-electron chi connectivity index (χ1n) is 4.18. The van der Waals surface area contributed by atoms with E-state index in [1.165, 1.54) is 12.1 Å². The first kappa shape index (κ1) is 12.4. The Bertz CT molecular complexity index is 459. The summed E-state index contributed by atoms with van der Waals surface area (Å²) in [5.74, 6) is -0.815. The summed E-state index contributed by atoms with van der Waals surface area (Å²) in [7, 11) is 4.72. The van der Waals surface area contributed by atoms with E-state index in [4.69, 9.17) is 10.7 Å². The molecule has 0 unspecified atom stereocenters. The molecule has 0 radical (unpaired) electrons. The van der Waals surface area contributed by atoms with Crippen molar-refractivity contribution < 1.29 is 12.8 Å². The first-order chi connectivity index (χ1) is 6.80. The summed E-state index contributed by atoms with van der Waals surface area (Å²) in [6.07, 6.45) is 0. The standard InChI is InChI=1S/C9H11ClFNO2S/c1-12(2)6-7-3-4-9(8(11)5-7)15(10,13)14/h3-5H,6H2,1-2H3. The van der Waals surface area contributed by atoms with Gasteiger partial charge in [0.25, 0.3) is 9.05 Å². The molecule has 0 aromatic heterocycles. The molecule has 0 N–H and O–H groups in total. The molecule has 84 valence electrons. The Labute approximate surface area is 92.9 Å². The van der Waals surface area contributed by atoms with Gasteiger partial charge in [0.05, 0.1) is 0 Å². The van der Waals surface area contributed by atoms with Crippen LogP contribution in [0.3, 0.4) is 0 Å². The van der Waals surface area contributed by atoms with Gasteiger partial charge in [0.15, 0.2) is 0 Å². The lowest BCUT2D eigenvalue weighted by molar-refractivity contribution is 0.401. The van der Waals surface area contributed by atoms with Gasteiger partial charge in [-0.25, -0.2) is 12.8 Å². The molecule has 1 rings (SSSR count). The number of halogens is 2. The van der Waals surface area contributed by atoms with Gasteiger partial charge < -0.3 is 4.90 Å². The van der Waals surface area contributed by atoms with Gasteiger partial charge in [0, 0.05) is 17.2 Å². The smallest absolute Gasteiger partial charge is 0.264 e. The summed E-state index contributed by atoms with van der Waals surface area (Å²) in [5, 5.41) is 0. The number of nitrogens with zero attached hydrogens (tertiary/aromatic N) is 1. The van der Waals surface area contributed by atoms with Crippen molar-refractivity contribution in [2.24, 2.45) is 0 Å². The predicted octanol–water partition coefficient (Wildman–Crippen LogP) is 1.81. The Morgan fingerprint density at radius 3 is 2.40 bits per heavy atom. The molecule has 3 nitrogen and oxygen atoms in total. The maximum atomic E-state index is 13.3. The Balaban J connectivity index is 3.09. The van der Waals surface area contributed by atoms with Crippen LogP contribution in [0.1, 0.15) is 5.56 Å². The lowest BCUT2D eigenvalue weighted by atomic mass is 10.2. The highest BCUT2D eigenvalue weighted by Crippen LogP contribution is 2.20. The lowest BCUT2D eigenvalue weighted by Crippen LogP contribution is -2.11. The minimum Gasteiger partial charge on any atom is -0.305 e. The second-order valence-corrected chi connectivity index (χ2v) is 5.97. The van der Waals surface area contributed by atoms with Crippen molar-refractivity contribution in [3.05, 3.63) is 29.6 Å². The molecular formula is C9H11ClFNO2S. The summed E-state index contributed by atoms with van der Waals surface area (Å²) in [6.45, 7) is 0.541. The second kappa shape index (κ2) is 4.47. The molecule has 0 saturated heterocycles. The van der Waals surface area contributed by atoms with Crippen molar-refractivity contribution in [2.45, 2.75) is 11.4 Å². The van der Waals surface area contributed by atoms with Crippen LogP contribution in [0.2, 0.25) is 0 Å².